The summed E-state index contributed by atoms with van der Waals surface area (Å²) in [7, 11) is 0. The van der Waals surface area contributed by atoms with Crippen molar-refractivity contribution in [2.75, 3.05) is 0 Å². The lowest BCUT2D eigenvalue weighted by Crippen LogP contribution is -2.27. The standard InChI is InChI=1S/C22H19FN6O/c1-15(13-28-14-18-8-16(10-24)3-4-20(18)27-28)2-5-22(30)29-21(6-7-26-29)17-9-19(23)12-25-11-17/h3-4,7-9,11-12,14,21H,1-2,5-6,13H2. The number of hydrogen-bond acceptors (Lipinski definition) is 5. The maximum Gasteiger partial charge on any atom is 0.243 e. The van der Waals surface area contributed by atoms with Crippen molar-refractivity contribution in [1.82, 2.24) is 19.8 Å². The van der Waals surface area contributed by atoms with Crippen LogP contribution in [0.4, 0.5) is 4.39 Å². The first-order chi connectivity index (χ1) is 14.5. The van der Waals surface area contributed by atoms with E-state index in [0.29, 0.717) is 30.5 Å². The van der Waals surface area contributed by atoms with Crippen LogP contribution < -0.4 is 0 Å². The zero-order valence-corrected chi connectivity index (χ0v) is 16.2. The summed E-state index contributed by atoms with van der Waals surface area (Å²) in [6.07, 6.45) is 7.47. The first-order valence-electron chi connectivity index (χ1n) is 9.52. The number of amides is 1. The van der Waals surface area contributed by atoms with E-state index >= 15 is 0 Å². The quantitative estimate of drug-likeness (QED) is 0.588. The van der Waals surface area contributed by atoms with Gasteiger partial charge in [0.1, 0.15) is 5.82 Å². The highest BCUT2D eigenvalue weighted by Gasteiger charge is 2.28. The second-order valence-corrected chi connectivity index (χ2v) is 7.19. The third-order valence-electron chi connectivity index (χ3n) is 4.96. The zero-order valence-electron chi connectivity index (χ0n) is 16.2. The van der Waals surface area contributed by atoms with E-state index in [9.17, 15) is 9.18 Å². The molecule has 0 saturated carbocycles. The van der Waals surface area contributed by atoms with Crippen LogP contribution in [0, 0.1) is 17.1 Å². The molecule has 4 rings (SSSR count). The number of hydrazone groups is 1. The van der Waals surface area contributed by atoms with Crippen LogP contribution in [0.5, 0.6) is 0 Å². The molecule has 8 heteroatoms. The van der Waals surface area contributed by atoms with Gasteiger partial charge in [0.15, 0.2) is 0 Å². The van der Waals surface area contributed by atoms with Crippen LogP contribution in [0.25, 0.3) is 10.9 Å². The molecule has 0 aliphatic carbocycles. The maximum absolute atomic E-state index is 13.5. The maximum atomic E-state index is 13.5. The lowest BCUT2D eigenvalue weighted by Gasteiger charge is -2.22. The minimum atomic E-state index is -0.436. The van der Waals surface area contributed by atoms with Gasteiger partial charge in [0.2, 0.25) is 5.91 Å². The van der Waals surface area contributed by atoms with Crippen LogP contribution in [0.3, 0.4) is 0 Å². The van der Waals surface area contributed by atoms with Crippen LogP contribution in [0.2, 0.25) is 0 Å². The second kappa shape index (κ2) is 8.25. The number of nitrogens with zero attached hydrogens (tertiary/aromatic N) is 6. The Morgan fingerprint density at radius 1 is 1.30 bits per heavy atom. The minimum absolute atomic E-state index is 0.150. The van der Waals surface area contributed by atoms with Crippen LogP contribution in [0.1, 0.15) is 36.4 Å². The van der Waals surface area contributed by atoms with Gasteiger partial charge in [-0.3, -0.25) is 14.5 Å². The molecule has 0 bridgehead atoms. The third-order valence-corrected chi connectivity index (χ3v) is 4.96. The van der Waals surface area contributed by atoms with Gasteiger partial charge in [0.25, 0.3) is 0 Å². The number of carbonyl (C=O) groups is 1. The van der Waals surface area contributed by atoms with E-state index in [2.05, 4.69) is 27.8 Å². The number of aromatic nitrogens is 3. The van der Waals surface area contributed by atoms with Gasteiger partial charge < -0.3 is 0 Å². The van der Waals surface area contributed by atoms with Gasteiger partial charge in [-0.1, -0.05) is 12.2 Å². The Bertz CT molecular complexity index is 1190. The molecule has 1 amide bonds. The number of nitriles is 1. The average molecular weight is 402 g/mol. The number of allylic oxidation sites excluding steroid dienone is 1. The van der Waals surface area contributed by atoms with Gasteiger partial charge in [-0.05, 0) is 36.2 Å². The molecule has 0 fully saturated rings. The van der Waals surface area contributed by atoms with Crippen LogP contribution in [0.15, 0.2) is 60.1 Å². The lowest BCUT2D eigenvalue weighted by atomic mass is 10.1. The number of carbonyl (C=O) groups excluding carboxylic acids is 1. The van der Waals surface area contributed by atoms with E-state index < -0.39 is 5.82 Å². The van der Waals surface area contributed by atoms with Gasteiger partial charge in [-0.15, -0.1) is 0 Å². The summed E-state index contributed by atoms with van der Waals surface area (Å²) in [5.41, 5.74) is 2.86. The van der Waals surface area contributed by atoms with E-state index in [-0.39, 0.29) is 18.4 Å². The number of rotatable bonds is 6. The second-order valence-electron chi connectivity index (χ2n) is 7.19. The zero-order chi connectivity index (χ0) is 21.1. The van der Waals surface area contributed by atoms with Gasteiger partial charge in [0, 0.05) is 36.8 Å². The summed E-state index contributed by atoms with van der Waals surface area (Å²) in [5.74, 6) is -0.586. The molecule has 3 aromatic rings. The third kappa shape index (κ3) is 4.10. The van der Waals surface area contributed by atoms with E-state index in [1.165, 1.54) is 11.1 Å². The molecule has 0 spiro atoms. The summed E-state index contributed by atoms with van der Waals surface area (Å²) in [5, 5.41) is 19.9. The van der Waals surface area contributed by atoms with Crippen LogP contribution in [-0.2, 0) is 11.3 Å². The molecule has 0 saturated heterocycles. The van der Waals surface area contributed by atoms with E-state index in [4.69, 9.17) is 5.26 Å². The van der Waals surface area contributed by atoms with Crippen molar-refractivity contribution in [3.63, 3.8) is 0 Å². The fraction of sp³-hybridized carbons (Fsp3) is 0.227. The minimum Gasteiger partial charge on any atom is -0.273 e. The fourth-order valence-corrected chi connectivity index (χ4v) is 3.48. The van der Waals surface area contributed by atoms with Crippen molar-refractivity contribution >= 4 is 23.0 Å². The topological polar surface area (TPSA) is 87.2 Å². The predicted octanol–water partition coefficient (Wildman–Crippen LogP) is 3.74. The van der Waals surface area contributed by atoms with E-state index in [1.54, 1.807) is 29.2 Å². The Balaban J connectivity index is 1.36. The Kier molecular flexibility index (Phi) is 5.35. The molecule has 7 nitrogen and oxygen atoms in total. The highest BCUT2D eigenvalue weighted by molar-refractivity contribution is 5.80. The molecule has 2 aromatic heterocycles. The molecule has 1 aliphatic heterocycles. The van der Waals surface area contributed by atoms with E-state index in [0.717, 1.165) is 22.7 Å². The van der Waals surface area contributed by atoms with Gasteiger partial charge >= 0.3 is 0 Å². The predicted molar refractivity (Wildman–Crippen MR) is 110 cm³/mol. The van der Waals surface area contributed by atoms with Crippen molar-refractivity contribution in [1.29, 1.82) is 5.26 Å². The number of fused-ring (bicyclic) bond motifs is 1. The SMILES string of the molecule is C=C(CCC(=O)N1N=CCC1c1cncc(F)c1)Cn1cc2cc(C#N)ccc2n1. The van der Waals surface area contributed by atoms with Crippen molar-refractivity contribution in [2.45, 2.75) is 31.8 Å². The molecule has 0 N–H and O–H groups in total. The normalized spacial score (nSPS) is 15.5. The van der Waals surface area contributed by atoms with Gasteiger partial charge in [-0.2, -0.15) is 15.5 Å². The lowest BCUT2D eigenvalue weighted by molar-refractivity contribution is -0.133. The van der Waals surface area contributed by atoms with Gasteiger partial charge in [0.05, 0.1) is 35.9 Å². The molecule has 150 valence electrons. The number of pyridine rings is 1. The Morgan fingerprint density at radius 3 is 2.97 bits per heavy atom. The number of benzene rings is 1. The molecular formula is C22H19FN6O. The van der Waals surface area contributed by atoms with Crippen molar-refractivity contribution in [3.8, 4) is 6.07 Å². The number of hydrogen-bond donors (Lipinski definition) is 0. The summed E-state index contributed by atoms with van der Waals surface area (Å²) >= 11 is 0. The van der Waals surface area contributed by atoms with Crippen molar-refractivity contribution in [2.24, 2.45) is 5.10 Å². The fourth-order valence-electron chi connectivity index (χ4n) is 3.48. The van der Waals surface area contributed by atoms with Crippen molar-refractivity contribution in [3.05, 3.63) is 72.0 Å². The highest BCUT2D eigenvalue weighted by atomic mass is 19.1. The Hall–Kier alpha value is -3.86. The first-order valence-corrected chi connectivity index (χ1v) is 9.52. The molecule has 30 heavy (non-hydrogen) atoms. The van der Waals surface area contributed by atoms with E-state index in [1.807, 2.05) is 12.3 Å². The monoisotopic (exact) mass is 402 g/mol. The Labute approximate surface area is 172 Å². The number of halogens is 1. The highest BCUT2D eigenvalue weighted by Crippen LogP contribution is 2.29. The molecule has 1 atom stereocenters. The largest absolute Gasteiger partial charge is 0.273 e. The molecule has 1 aromatic carbocycles. The Morgan fingerprint density at radius 2 is 2.17 bits per heavy atom. The first kappa shape index (κ1) is 19.5. The van der Waals surface area contributed by atoms with Gasteiger partial charge in [-0.25, -0.2) is 9.40 Å². The van der Waals surface area contributed by atoms with Crippen LogP contribution in [-0.4, -0.2) is 31.9 Å². The summed E-state index contributed by atoms with van der Waals surface area (Å²) in [6, 6.07) is 8.49. The average Bonchev–Trinajstić information content (AvgIpc) is 3.38. The van der Waals surface area contributed by atoms with Crippen molar-refractivity contribution < 1.29 is 9.18 Å². The summed E-state index contributed by atoms with van der Waals surface area (Å²) < 4.78 is 15.2. The molecule has 0 radical (unpaired) electrons. The molecule has 1 unspecified atom stereocenters. The molecular weight excluding hydrogens is 383 g/mol. The summed E-state index contributed by atoms with van der Waals surface area (Å²) in [6.45, 7) is 4.54. The molecule has 1 aliphatic rings. The van der Waals surface area contributed by atoms with Crippen LogP contribution >= 0.6 is 0 Å². The molecule has 3 heterocycles. The summed E-state index contributed by atoms with van der Waals surface area (Å²) in [4.78, 5) is 16.5. The smallest absolute Gasteiger partial charge is 0.243 e.